The SMILES string of the molecule is CC(CC(=O)Nc1ccc(Cl)c(CS(C)=O)c1)C1CCNCC1. The van der Waals surface area contributed by atoms with E-state index in [2.05, 4.69) is 17.6 Å². The summed E-state index contributed by atoms with van der Waals surface area (Å²) in [6, 6.07) is 5.35. The fourth-order valence-corrected chi connectivity index (χ4v) is 4.01. The molecule has 0 spiro atoms. The molecule has 0 bridgehead atoms. The van der Waals surface area contributed by atoms with Gasteiger partial charge < -0.3 is 10.6 Å². The molecule has 1 aromatic rings. The predicted octanol–water partition coefficient (Wildman–Crippen LogP) is 3.18. The normalized spacial score (nSPS) is 18.4. The van der Waals surface area contributed by atoms with Gasteiger partial charge in [-0.3, -0.25) is 9.00 Å². The van der Waals surface area contributed by atoms with Gasteiger partial charge in [-0.05, 0) is 61.5 Å². The molecule has 1 aliphatic heterocycles. The molecule has 0 aliphatic carbocycles. The zero-order valence-electron chi connectivity index (χ0n) is 13.7. The van der Waals surface area contributed by atoms with E-state index in [-0.39, 0.29) is 5.91 Å². The minimum Gasteiger partial charge on any atom is -0.326 e. The van der Waals surface area contributed by atoms with Gasteiger partial charge in [0.2, 0.25) is 5.91 Å². The third-order valence-corrected chi connectivity index (χ3v) is 5.47. The number of carbonyl (C=O) groups excluding carboxylic acids is 1. The van der Waals surface area contributed by atoms with Gasteiger partial charge in [0.15, 0.2) is 0 Å². The number of hydrogen-bond acceptors (Lipinski definition) is 3. The van der Waals surface area contributed by atoms with E-state index in [4.69, 9.17) is 11.6 Å². The van der Waals surface area contributed by atoms with Crippen LogP contribution in [0.4, 0.5) is 5.69 Å². The Morgan fingerprint density at radius 3 is 2.78 bits per heavy atom. The lowest BCUT2D eigenvalue weighted by Gasteiger charge is -2.27. The summed E-state index contributed by atoms with van der Waals surface area (Å²) in [5.74, 6) is 1.42. The summed E-state index contributed by atoms with van der Waals surface area (Å²) in [5, 5.41) is 6.88. The Kier molecular flexibility index (Phi) is 7.06. The number of hydrogen-bond donors (Lipinski definition) is 2. The molecule has 1 heterocycles. The highest BCUT2D eigenvalue weighted by molar-refractivity contribution is 7.83. The first-order valence-corrected chi connectivity index (χ1v) is 10.1. The molecule has 0 radical (unpaired) electrons. The van der Waals surface area contributed by atoms with Crippen molar-refractivity contribution in [3.8, 4) is 0 Å². The third-order valence-electron chi connectivity index (χ3n) is 4.38. The van der Waals surface area contributed by atoms with Gasteiger partial charge in [-0.2, -0.15) is 0 Å². The molecule has 0 saturated carbocycles. The molecular formula is C17H25ClN2O2S. The van der Waals surface area contributed by atoms with Crippen LogP contribution < -0.4 is 10.6 Å². The third kappa shape index (κ3) is 5.90. The van der Waals surface area contributed by atoms with Crippen LogP contribution in [-0.2, 0) is 21.3 Å². The van der Waals surface area contributed by atoms with Crippen LogP contribution >= 0.6 is 11.6 Å². The number of carbonyl (C=O) groups is 1. The Balaban J connectivity index is 1.92. The summed E-state index contributed by atoms with van der Waals surface area (Å²) >= 11 is 6.11. The molecule has 2 unspecified atom stereocenters. The number of anilines is 1. The van der Waals surface area contributed by atoms with Crippen molar-refractivity contribution in [3.05, 3.63) is 28.8 Å². The van der Waals surface area contributed by atoms with Crippen molar-refractivity contribution in [2.45, 2.75) is 31.9 Å². The van der Waals surface area contributed by atoms with Crippen molar-refractivity contribution in [3.63, 3.8) is 0 Å². The zero-order chi connectivity index (χ0) is 16.8. The summed E-state index contributed by atoms with van der Waals surface area (Å²) < 4.78 is 11.4. The molecule has 2 rings (SSSR count). The van der Waals surface area contributed by atoms with Crippen LogP contribution in [0.3, 0.4) is 0 Å². The van der Waals surface area contributed by atoms with Crippen molar-refractivity contribution >= 4 is 34.0 Å². The molecular weight excluding hydrogens is 332 g/mol. The highest BCUT2D eigenvalue weighted by atomic mass is 35.5. The monoisotopic (exact) mass is 356 g/mol. The van der Waals surface area contributed by atoms with E-state index in [0.29, 0.717) is 29.0 Å². The first-order valence-electron chi connectivity index (χ1n) is 8.04. The molecule has 1 aromatic carbocycles. The Hall–Kier alpha value is -0.910. The summed E-state index contributed by atoms with van der Waals surface area (Å²) in [4.78, 5) is 12.3. The summed E-state index contributed by atoms with van der Waals surface area (Å²) in [5.41, 5.74) is 1.52. The van der Waals surface area contributed by atoms with Gasteiger partial charge in [-0.25, -0.2) is 0 Å². The smallest absolute Gasteiger partial charge is 0.224 e. The second-order valence-electron chi connectivity index (χ2n) is 6.34. The van der Waals surface area contributed by atoms with Crippen molar-refractivity contribution in [2.75, 3.05) is 24.7 Å². The number of rotatable bonds is 6. The standard InChI is InChI=1S/C17H25ClN2O2S/c1-12(13-5-7-19-8-6-13)9-17(21)20-15-3-4-16(18)14(10-15)11-23(2)22/h3-4,10,12-13,19H,5-9,11H2,1-2H3,(H,20,21). The van der Waals surface area contributed by atoms with Crippen LogP contribution in [0.5, 0.6) is 0 Å². The molecule has 6 heteroatoms. The minimum atomic E-state index is -0.963. The number of piperidine rings is 1. The lowest BCUT2D eigenvalue weighted by atomic mass is 9.84. The van der Waals surface area contributed by atoms with Gasteiger partial charge >= 0.3 is 0 Å². The molecule has 4 nitrogen and oxygen atoms in total. The van der Waals surface area contributed by atoms with Gasteiger partial charge in [0.25, 0.3) is 0 Å². The van der Waals surface area contributed by atoms with Crippen LogP contribution in [0.2, 0.25) is 5.02 Å². The quantitative estimate of drug-likeness (QED) is 0.823. The topological polar surface area (TPSA) is 58.2 Å². The van der Waals surface area contributed by atoms with E-state index >= 15 is 0 Å². The van der Waals surface area contributed by atoms with Crippen molar-refractivity contribution < 1.29 is 9.00 Å². The molecule has 1 fully saturated rings. The zero-order valence-corrected chi connectivity index (χ0v) is 15.3. The second kappa shape index (κ2) is 8.81. The molecule has 1 aliphatic rings. The van der Waals surface area contributed by atoms with Gasteiger partial charge in [0.05, 0.1) is 0 Å². The molecule has 2 atom stereocenters. The van der Waals surface area contributed by atoms with Gasteiger partial charge in [0.1, 0.15) is 0 Å². The Labute approximate surface area is 145 Å². The number of halogens is 1. The van der Waals surface area contributed by atoms with Crippen LogP contribution in [0.1, 0.15) is 31.7 Å². The maximum Gasteiger partial charge on any atom is 0.224 e. The van der Waals surface area contributed by atoms with Gasteiger partial charge in [-0.15, -0.1) is 0 Å². The molecule has 1 saturated heterocycles. The highest BCUT2D eigenvalue weighted by Crippen LogP contribution is 2.26. The van der Waals surface area contributed by atoms with E-state index in [1.165, 1.54) is 0 Å². The average molecular weight is 357 g/mol. The fourth-order valence-electron chi connectivity index (χ4n) is 3.07. The van der Waals surface area contributed by atoms with E-state index < -0.39 is 10.8 Å². The molecule has 23 heavy (non-hydrogen) atoms. The number of benzene rings is 1. The highest BCUT2D eigenvalue weighted by Gasteiger charge is 2.22. The molecule has 0 aromatic heterocycles. The largest absolute Gasteiger partial charge is 0.326 e. The number of amides is 1. The summed E-state index contributed by atoms with van der Waals surface area (Å²) in [7, 11) is -0.963. The maximum absolute atomic E-state index is 12.3. The first kappa shape index (κ1) is 18.4. The van der Waals surface area contributed by atoms with E-state index in [1.807, 2.05) is 6.07 Å². The Bertz CT molecular complexity index is 574. The molecule has 1 amide bonds. The second-order valence-corrected chi connectivity index (χ2v) is 8.18. The number of nitrogens with one attached hydrogen (secondary N) is 2. The minimum absolute atomic E-state index is 0.0296. The summed E-state index contributed by atoms with van der Waals surface area (Å²) in [6.45, 7) is 4.25. The fraction of sp³-hybridized carbons (Fsp3) is 0.588. The maximum atomic E-state index is 12.3. The van der Waals surface area contributed by atoms with Gasteiger partial charge in [-0.1, -0.05) is 18.5 Å². The van der Waals surface area contributed by atoms with E-state index in [0.717, 1.165) is 37.2 Å². The van der Waals surface area contributed by atoms with Crippen LogP contribution in [0.15, 0.2) is 18.2 Å². The van der Waals surface area contributed by atoms with Crippen LogP contribution in [0.25, 0.3) is 0 Å². The Morgan fingerprint density at radius 2 is 2.13 bits per heavy atom. The van der Waals surface area contributed by atoms with Gasteiger partial charge in [0, 0.05) is 39.9 Å². The summed E-state index contributed by atoms with van der Waals surface area (Å²) in [6.07, 6.45) is 4.45. The Morgan fingerprint density at radius 1 is 1.43 bits per heavy atom. The average Bonchev–Trinajstić information content (AvgIpc) is 2.51. The van der Waals surface area contributed by atoms with Crippen molar-refractivity contribution in [1.29, 1.82) is 0 Å². The van der Waals surface area contributed by atoms with E-state index in [1.54, 1.807) is 18.4 Å². The molecule has 2 N–H and O–H groups in total. The molecule has 128 valence electrons. The van der Waals surface area contributed by atoms with Crippen molar-refractivity contribution in [1.82, 2.24) is 5.32 Å². The predicted molar refractivity (Wildman–Crippen MR) is 97.2 cm³/mol. The van der Waals surface area contributed by atoms with E-state index in [9.17, 15) is 9.00 Å². The van der Waals surface area contributed by atoms with Crippen molar-refractivity contribution in [2.24, 2.45) is 11.8 Å². The first-order chi connectivity index (χ1) is 11.0. The lowest BCUT2D eigenvalue weighted by Crippen LogP contribution is -2.32. The van der Waals surface area contributed by atoms with Crippen LogP contribution in [-0.4, -0.2) is 29.5 Å². The van der Waals surface area contributed by atoms with Crippen LogP contribution in [0, 0.1) is 11.8 Å². The lowest BCUT2D eigenvalue weighted by molar-refractivity contribution is -0.117.